The van der Waals surface area contributed by atoms with E-state index >= 15 is 0 Å². The second-order valence-electron chi connectivity index (χ2n) is 18.2. The van der Waals surface area contributed by atoms with Gasteiger partial charge in [-0.15, -0.1) is 0 Å². The molecule has 8 saturated carbocycles. The molecule has 12 rings (SSSR count). The fraction of sp³-hybridized carbons (Fsp3) is 0.480. The Kier molecular flexibility index (Phi) is 12.0. The molecule has 0 aromatic heterocycles. The van der Waals surface area contributed by atoms with Crippen LogP contribution in [0.3, 0.4) is 0 Å². The Morgan fingerprint density at radius 3 is 1.20 bits per heavy atom. The van der Waals surface area contributed by atoms with Crippen LogP contribution in [0, 0.1) is 47.3 Å². The molecule has 8 fully saturated rings. The molecule has 0 unspecified atom stereocenters. The normalized spacial score (nSPS) is 32.1. The van der Waals surface area contributed by atoms with E-state index in [2.05, 4.69) is 114 Å². The Balaban J connectivity index is 0.000000197. The topological polar surface area (TPSA) is 94.1 Å². The minimum atomic E-state index is -0.449. The van der Waals surface area contributed by atoms with Gasteiger partial charge in [-0.25, -0.2) is 9.59 Å². The summed E-state index contributed by atoms with van der Waals surface area (Å²) >= 11 is 0.681. The number of ether oxygens (including phenoxy) is 2. The number of carbonyl (C=O) groups is 2. The SMILES string of the molecule is CCC1(OC(=O)c2cc(SOO[O-])cc(C(=O)OC3(CC)C4CC5CC(C4)CC3C5)c2)C2CC3CC(C2)CC1C3.c1ccc([S+](c2ccccc2)c2ccccc2)cc1. The predicted octanol–water partition coefficient (Wildman–Crippen LogP) is 11.2. The zero-order chi connectivity index (χ0) is 40.6. The first-order valence-electron chi connectivity index (χ1n) is 21.9. The highest BCUT2D eigenvalue weighted by molar-refractivity contribution is 7.97. The Hall–Kier alpha value is -3.60. The summed E-state index contributed by atoms with van der Waals surface area (Å²) in [5.41, 5.74) is -0.335. The predicted molar refractivity (Wildman–Crippen MR) is 227 cm³/mol. The summed E-state index contributed by atoms with van der Waals surface area (Å²) in [7, 11) is -0.0146. The summed E-state index contributed by atoms with van der Waals surface area (Å²) in [6.45, 7) is 4.28. The van der Waals surface area contributed by atoms with Gasteiger partial charge in [0.15, 0.2) is 14.7 Å². The monoisotopic (exact) mass is 832 g/mol. The van der Waals surface area contributed by atoms with Crippen LogP contribution < -0.4 is 5.26 Å². The molecular formula is C50H56O7S2. The van der Waals surface area contributed by atoms with Crippen molar-refractivity contribution in [3.63, 3.8) is 0 Å². The number of benzene rings is 4. The van der Waals surface area contributed by atoms with E-state index in [9.17, 15) is 14.8 Å². The molecular weight excluding hydrogens is 777 g/mol. The van der Waals surface area contributed by atoms with E-state index in [1.165, 1.54) is 27.5 Å². The fourth-order valence-corrected chi connectivity index (χ4v) is 15.6. The van der Waals surface area contributed by atoms with Crippen molar-refractivity contribution in [2.24, 2.45) is 47.3 Å². The van der Waals surface area contributed by atoms with Gasteiger partial charge in [0, 0.05) is 4.90 Å². The maximum atomic E-state index is 13.8. The molecule has 0 amide bonds. The molecule has 7 nitrogen and oxygen atoms in total. The standard InChI is InChI=1S/C32H42O7S.C18H15S/c1-3-31(24-7-18-5-19(9-24)10-25(31)8-18)36-29(33)22-15-23(17-28(16-22)40-39-38-35)30(34)37-32(4-2)26-11-20-6-21(13-26)14-27(32)12-20;1-4-10-16(11-5-1)19(17-12-6-2-7-13-17)18-14-8-3-9-15-18/h15-21,24-27,35H,3-14H2,1-2H3;1-15H/q;+1/p-1. The van der Waals surface area contributed by atoms with E-state index in [1.807, 2.05) is 0 Å². The summed E-state index contributed by atoms with van der Waals surface area (Å²) in [4.78, 5) is 32.1. The molecule has 310 valence electrons. The van der Waals surface area contributed by atoms with Crippen LogP contribution in [-0.4, -0.2) is 23.1 Å². The third kappa shape index (κ3) is 8.03. The van der Waals surface area contributed by atoms with Crippen molar-refractivity contribution in [1.82, 2.24) is 0 Å². The van der Waals surface area contributed by atoms with Gasteiger partial charge in [0.2, 0.25) is 0 Å². The van der Waals surface area contributed by atoms with E-state index in [-0.39, 0.29) is 22.0 Å². The smallest absolute Gasteiger partial charge is 0.338 e. The Bertz CT molecular complexity index is 1840. The summed E-state index contributed by atoms with van der Waals surface area (Å²) in [5, 5.41) is 14.2. The van der Waals surface area contributed by atoms with Crippen LogP contribution >= 0.6 is 12.0 Å². The first-order chi connectivity index (χ1) is 28.8. The minimum absolute atomic E-state index is 0.0146. The largest absolute Gasteiger partial charge is 0.691 e. The quantitative estimate of drug-likeness (QED) is 0.0458. The highest BCUT2D eigenvalue weighted by atomic mass is 32.2. The molecule has 8 aliphatic rings. The van der Waals surface area contributed by atoms with E-state index in [0.29, 0.717) is 40.6 Å². The maximum absolute atomic E-state index is 13.8. The lowest BCUT2D eigenvalue weighted by Gasteiger charge is -2.60. The first kappa shape index (κ1) is 40.8. The summed E-state index contributed by atoms with van der Waals surface area (Å²) < 4.78 is 17.5. The summed E-state index contributed by atoms with van der Waals surface area (Å²) in [6, 6.07) is 37.0. The molecule has 4 aromatic rings. The van der Waals surface area contributed by atoms with Crippen LogP contribution in [0.2, 0.25) is 0 Å². The average Bonchev–Trinajstić information content (AvgIpc) is 3.26. The fourth-order valence-electron chi connectivity index (χ4n) is 13.1. The summed E-state index contributed by atoms with van der Waals surface area (Å²) in [5.74, 6) is 3.82. The van der Waals surface area contributed by atoms with Crippen molar-refractivity contribution in [2.75, 3.05) is 0 Å². The van der Waals surface area contributed by atoms with Crippen molar-refractivity contribution in [1.29, 1.82) is 0 Å². The molecule has 4 aromatic carbocycles. The number of hydrogen-bond acceptors (Lipinski definition) is 8. The van der Waals surface area contributed by atoms with Crippen LogP contribution in [0.1, 0.15) is 112 Å². The molecule has 0 saturated heterocycles. The lowest BCUT2D eigenvalue weighted by molar-refractivity contribution is -0.777. The van der Waals surface area contributed by atoms with Gasteiger partial charge >= 0.3 is 11.9 Å². The number of carbonyl (C=O) groups excluding carboxylic acids is 2. The van der Waals surface area contributed by atoms with E-state index < -0.39 is 23.1 Å². The van der Waals surface area contributed by atoms with Gasteiger partial charge in [-0.1, -0.05) is 68.4 Å². The molecule has 0 aliphatic heterocycles. The third-order valence-electron chi connectivity index (χ3n) is 15.2. The second-order valence-corrected chi connectivity index (χ2v) is 21.0. The number of esters is 2. The Morgan fingerprint density at radius 1 is 0.559 bits per heavy atom. The van der Waals surface area contributed by atoms with Crippen molar-refractivity contribution in [3.8, 4) is 0 Å². The lowest BCUT2D eigenvalue weighted by atomic mass is 9.49. The molecule has 0 atom stereocenters. The highest BCUT2D eigenvalue weighted by Crippen LogP contribution is 2.62. The van der Waals surface area contributed by atoms with Gasteiger partial charge in [-0.2, -0.15) is 4.33 Å². The van der Waals surface area contributed by atoms with Crippen molar-refractivity contribution >= 4 is 34.9 Å². The zero-order valence-electron chi connectivity index (χ0n) is 34.2. The van der Waals surface area contributed by atoms with E-state index in [1.54, 1.807) is 18.2 Å². The molecule has 0 spiro atoms. The number of hydrogen-bond donors (Lipinski definition) is 0. The Morgan fingerprint density at radius 2 is 0.898 bits per heavy atom. The van der Waals surface area contributed by atoms with Gasteiger partial charge in [0.1, 0.15) is 11.2 Å². The van der Waals surface area contributed by atoms with Gasteiger partial charge in [0.05, 0.1) is 34.1 Å². The van der Waals surface area contributed by atoms with Crippen molar-refractivity contribution in [2.45, 2.75) is 122 Å². The Labute approximate surface area is 356 Å². The van der Waals surface area contributed by atoms with Crippen LogP contribution in [0.5, 0.6) is 0 Å². The third-order valence-corrected chi connectivity index (χ3v) is 18.0. The molecule has 0 N–H and O–H groups in total. The molecule has 8 aliphatic carbocycles. The van der Waals surface area contributed by atoms with Gasteiger partial charge in [-0.05, 0) is 179 Å². The van der Waals surface area contributed by atoms with Crippen LogP contribution in [0.4, 0.5) is 0 Å². The second kappa shape index (κ2) is 17.4. The molecule has 0 heterocycles. The average molecular weight is 833 g/mol. The van der Waals surface area contributed by atoms with Crippen LogP contribution in [-0.2, 0) is 29.7 Å². The zero-order valence-corrected chi connectivity index (χ0v) is 35.8. The van der Waals surface area contributed by atoms with Crippen molar-refractivity contribution in [3.05, 3.63) is 120 Å². The van der Waals surface area contributed by atoms with Crippen LogP contribution in [0.25, 0.3) is 0 Å². The lowest BCUT2D eigenvalue weighted by Crippen LogP contribution is -2.59. The highest BCUT2D eigenvalue weighted by Gasteiger charge is 2.60. The van der Waals surface area contributed by atoms with Crippen molar-refractivity contribution < 1.29 is 33.7 Å². The van der Waals surface area contributed by atoms with Gasteiger partial charge in [0.25, 0.3) is 0 Å². The maximum Gasteiger partial charge on any atom is 0.338 e. The molecule has 59 heavy (non-hydrogen) atoms. The summed E-state index contributed by atoms with van der Waals surface area (Å²) in [6.07, 6.45) is 13.4. The minimum Gasteiger partial charge on any atom is -0.691 e. The van der Waals surface area contributed by atoms with Crippen LogP contribution in [0.15, 0.2) is 129 Å². The van der Waals surface area contributed by atoms with E-state index in [4.69, 9.17) is 9.47 Å². The molecule has 0 radical (unpaired) electrons. The number of rotatable bonds is 12. The molecule has 8 bridgehead atoms. The first-order valence-corrected chi connectivity index (χ1v) is 23.9. The van der Waals surface area contributed by atoms with E-state index in [0.717, 1.165) is 87.9 Å². The van der Waals surface area contributed by atoms with Gasteiger partial charge in [-0.3, -0.25) is 5.04 Å². The molecule has 9 heteroatoms. The van der Waals surface area contributed by atoms with Gasteiger partial charge < -0.3 is 14.7 Å².